The number of carbonyl (C=O) groups excluding carboxylic acids is 3. The van der Waals surface area contributed by atoms with Gasteiger partial charge in [0.05, 0.1) is 0 Å². The summed E-state index contributed by atoms with van der Waals surface area (Å²) < 4.78 is 0. The first-order valence-electron chi connectivity index (χ1n) is 1.92. The smallest absolute Gasteiger partial charge is 0.218 e. The van der Waals surface area contributed by atoms with E-state index in [0.29, 0.717) is 6.29 Å². The summed E-state index contributed by atoms with van der Waals surface area (Å²) >= 11 is 0. The van der Waals surface area contributed by atoms with Crippen LogP contribution in [0.15, 0.2) is 12.2 Å². The molecule has 0 heterocycles. The average Bonchev–Trinajstić information content (AvgIpc) is 1.83. The number of ketones is 1. The van der Waals surface area contributed by atoms with Crippen LogP contribution in [0.3, 0.4) is 0 Å². The van der Waals surface area contributed by atoms with Gasteiger partial charge in [-0.05, 0) is 12.2 Å². The molecule has 8 heavy (non-hydrogen) atoms. The summed E-state index contributed by atoms with van der Waals surface area (Å²) in [6.45, 7) is 0. The van der Waals surface area contributed by atoms with E-state index in [1.807, 2.05) is 0 Å². The fourth-order valence-electron chi connectivity index (χ4n) is 0.173. The number of carbonyl (C=O) groups is 3. The highest BCUT2D eigenvalue weighted by Crippen LogP contribution is 1.66. The maximum atomic E-state index is 9.96. The van der Waals surface area contributed by atoms with E-state index < -0.39 is 5.78 Å². The lowest BCUT2D eigenvalue weighted by molar-refractivity contribution is -0.126. The molecule has 0 bridgehead atoms. The molecule has 0 aliphatic rings. The van der Waals surface area contributed by atoms with Crippen molar-refractivity contribution in [1.29, 1.82) is 0 Å². The van der Waals surface area contributed by atoms with E-state index in [1.54, 1.807) is 0 Å². The molecular weight excluding hydrogens is 108 g/mol. The van der Waals surface area contributed by atoms with Gasteiger partial charge < -0.3 is 0 Å². The maximum absolute atomic E-state index is 9.96. The van der Waals surface area contributed by atoms with Gasteiger partial charge in [-0.25, -0.2) is 0 Å². The quantitative estimate of drug-likeness (QED) is 0.281. The van der Waals surface area contributed by atoms with Crippen LogP contribution in [-0.2, 0) is 14.4 Å². The monoisotopic (exact) mass is 112 g/mol. The fraction of sp³-hybridized carbons (Fsp3) is 0. The third-order valence-electron chi connectivity index (χ3n) is 0.455. The second kappa shape index (κ2) is 3.92. The molecule has 0 aromatic rings. The van der Waals surface area contributed by atoms with Crippen molar-refractivity contribution in [3.63, 3.8) is 0 Å². The van der Waals surface area contributed by atoms with Gasteiger partial charge in [-0.3, -0.25) is 14.4 Å². The molecule has 0 spiro atoms. The van der Waals surface area contributed by atoms with E-state index in [9.17, 15) is 14.4 Å². The Morgan fingerprint density at radius 3 is 2.25 bits per heavy atom. The van der Waals surface area contributed by atoms with Gasteiger partial charge in [-0.1, -0.05) is 0 Å². The summed E-state index contributed by atoms with van der Waals surface area (Å²) in [5.74, 6) is -0.697. The topological polar surface area (TPSA) is 51.2 Å². The zero-order chi connectivity index (χ0) is 6.41. The second-order valence-corrected chi connectivity index (χ2v) is 1.02. The normalized spacial score (nSPS) is 9.00. The Morgan fingerprint density at radius 1 is 1.25 bits per heavy atom. The molecule has 0 unspecified atom stereocenters. The molecule has 0 amide bonds. The van der Waals surface area contributed by atoms with Gasteiger partial charge >= 0.3 is 0 Å². The van der Waals surface area contributed by atoms with E-state index in [1.165, 1.54) is 0 Å². The van der Waals surface area contributed by atoms with E-state index in [2.05, 4.69) is 0 Å². The van der Waals surface area contributed by atoms with Gasteiger partial charge in [0.25, 0.3) is 0 Å². The molecule has 3 heteroatoms. The predicted octanol–water partition coefficient (Wildman–Crippen LogP) is -0.491. The SMILES string of the molecule is O=CC=CC(=O)C=O. The van der Waals surface area contributed by atoms with E-state index in [0.717, 1.165) is 12.2 Å². The summed E-state index contributed by atoms with van der Waals surface area (Å²) in [4.78, 5) is 28.9. The summed E-state index contributed by atoms with van der Waals surface area (Å²) in [5.41, 5.74) is 0. The molecule has 0 radical (unpaired) electrons. The van der Waals surface area contributed by atoms with Gasteiger partial charge in [0, 0.05) is 0 Å². The van der Waals surface area contributed by atoms with Crippen LogP contribution in [0.25, 0.3) is 0 Å². The number of hydrogen-bond donors (Lipinski definition) is 0. The first kappa shape index (κ1) is 6.75. The zero-order valence-electron chi connectivity index (χ0n) is 4.03. The Balaban J connectivity index is 3.69. The molecule has 0 aliphatic carbocycles. The Kier molecular flexibility index (Phi) is 3.31. The van der Waals surface area contributed by atoms with Crippen molar-refractivity contribution in [3.05, 3.63) is 12.2 Å². The molecule has 0 rings (SSSR count). The standard InChI is InChI=1S/C5H4O3/c6-3-1-2-5(8)4-7/h1-4H. The molecule has 0 atom stereocenters. The van der Waals surface area contributed by atoms with Gasteiger partial charge in [0.1, 0.15) is 6.29 Å². The zero-order valence-corrected chi connectivity index (χ0v) is 4.03. The number of allylic oxidation sites excluding steroid dienone is 2. The number of aldehydes is 2. The van der Waals surface area contributed by atoms with Crippen molar-refractivity contribution in [2.75, 3.05) is 0 Å². The fourth-order valence-corrected chi connectivity index (χ4v) is 0.173. The molecule has 3 nitrogen and oxygen atoms in total. The lowest BCUT2D eigenvalue weighted by atomic mass is 10.4. The molecule has 0 fully saturated rings. The number of rotatable bonds is 3. The lowest BCUT2D eigenvalue weighted by Crippen LogP contribution is -1.90. The highest BCUT2D eigenvalue weighted by atomic mass is 16.2. The molecule has 0 aliphatic heterocycles. The maximum Gasteiger partial charge on any atom is 0.218 e. The summed E-state index contributed by atoms with van der Waals surface area (Å²) in [6.07, 6.45) is 2.44. The van der Waals surface area contributed by atoms with E-state index >= 15 is 0 Å². The second-order valence-electron chi connectivity index (χ2n) is 1.02. The molecule has 42 valence electrons. The van der Waals surface area contributed by atoms with Crippen molar-refractivity contribution < 1.29 is 14.4 Å². The molecule has 0 N–H and O–H groups in total. The number of hydrogen-bond acceptors (Lipinski definition) is 3. The van der Waals surface area contributed by atoms with Crippen LogP contribution in [0.2, 0.25) is 0 Å². The van der Waals surface area contributed by atoms with Gasteiger partial charge in [-0.2, -0.15) is 0 Å². The first-order chi connectivity index (χ1) is 3.81. The summed E-state index contributed by atoms with van der Waals surface area (Å²) in [7, 11) is 0. The van der Waals surface area contributed by atoms with Crippen LogP contribution in [0, 0.1) is 0 Å². The van der Waals surface area contributed by atoms with Crippen molar-refractivity contribution >= 4 is 18.4 Å². The molecule has 0 aromatic heterocycles. The molecule has 0 saturated heterocycles. The minimum absolute atomic E-state index is 0.139. The van der Waals surface area contributed by atoms with Crippen LogP contribution >= 0.6 is 0 Å². The Hall–Kier alpha value is -1.25. The third kappa shape index (κ3) is 2.96. The van der Waals surface area contributed by atoms with E-state index in [4.69, 9.17) is 0 Å². The average molecular weight is 112 g/mol. The Morgan fingerprint density at radius 2 is 1.88 bits per heavy atom. The van der Waals surface area contributed by atoms with Crippen LogP contribution in [-0.4, -0.2) is 18.4 Å². The van der Waals surface area contributed by atoms with Crippen LogP contribution in [0.5, 0.6) is 0 Å². The van der Waals surface area contributed by atoms with Gasteiger partial charge in [0.2, 0.25) is 5.78 Å². The largest absolute Gasteiger partial charge is 0.299 e. The van der Waals surface area contributed by atoms with Crippen molar-refractivity contribution in [2.45, 2.75) is 0 Å². The van der Waals surface area contributed by atoms with E-state index in [-0.39, 0.29) is 6.29 Å². The Bertz CT molecular complexity index is 135. The van der Waals surface area contributed by atoms with Gasteiger partial charge in [-0.15, -0.1) is 0 Å². The molecule has 0 saturated carbocycles. The summed E-state index contributed by atoms with van der Waals surface area (Å²) in [5, 5.41) is 0. The first-order valence-corrected chi connectivity index (χ1v) is 1.92. The lowest BCUT2D eigenvalue weighted by Gasteiger charge is -1.67. The van der Waals surface area contributed by atoms with Crippen LogP contribution in [0.4, 0.5) is 0 Å². The van der Waals surface area contributed by atoms with Crippen molar-refractivity contribution in [1.82, 2.24) is 0 Å². The van der Waals surface area contributed by atoms with Crippen LogP contribution in [0.1, 0.15) is 0 Å². The summed E-state index contributed by atoms with van der Waals surface area (Å²) in [6, 6.07) is 0. The molecule has 0 aromatic carbocycles. The van der Waals surface area contributed by atoms with Gasteiger partial charge in [0.15, 0.2) is 6.29 Å². The van der Waals surface area contributed by atoms with Crippen molar-refractivity contribution in [2.24, 2.45) is 0 Å². The molecular formula is C5H4O3. The third-order valence-corrected chi connectivity index (χ3v) is 0.455. The highest BCUT2D eigenvalue weighted by molar-refractivity contribution is 6.30. The van der Waals surface area contributed by atoms with Crippen molar-refractivity contribution in [3.8, 4) is 0 Å². The minimum Gasteiger partial charge on any atom is -0.299 e. The minimum atomic E-state index is -0.697. The predicted molar refractivity (Wildman–Crippen MR) is 26.3 cm³/mol. The van der Waals surface area contributed by atoms with Crippen LogP contribution < -0.4 is 0 Å². The highest BCUT2D eigenvalue weighted by Gasteiger charge is 1.85. The Labute approximate surface area is 46.0 Å².